The first-order valence-corrected chi connectivity index (χ1v) is 5.27. The van der Waals surface area contributed by atoms with Gasteiger partial charge in [0.25, 0.3) is 0 Å². The molecule has 0 saturated carbocycles. The Morgan fingerprint density at radius 1 is 1.50 bits per heavy atom. The largest absolute Gasteiger partial charge is 0.492 e. The van der Waals surface area contributed by atoms with E-state index in [0.717, 1.165) is 30.0 Å². The van der Waals surface area contributed by atoms with Gasteiger partial charge in [0.05, 0.1) is 12.7 Å². The number of hydrogen-bond donors (Lipinski definition) is 1. The number of hydrogen-bond acceptors (Lipinski definition) is 4. The zero-order valence-corrected chi connectivity index (χ0v) is 9.50. The van der Waals surface area contributed by atoms with Gasteiger partial charge in [-0.1, -0.05) is 0 Å². The number of carbonyl (C=O) groups excluding carboxylic acids is 1. The van der Waals surface area contributed by atoms with Crippen molar-refractivity contribution in [2.24, 2.45) is 0 Å². The average Bonchev–Trinajstić information content (AvgIpc) is 2.53. The van der Waals surface area contributed by atoms with E-state index < -0.39 is 0 Å². The number of nitrogens with one attached hydrogen (secondary N) is 1. The van der Waals surface area contributed by atoms with Crippen LogP contribution >= 0.6 is 0 Å². The number of esters is 1. The van der Waals surface area contributed by atoms with Crippen molar-refractivity contribution in [1.29, 1.82) is 0 Å². The Hall–Kier alpha value is -1.55. The molecule has 0 radical (unpaired) electrons. The molecule has 1 aliphatic heterocycles. The van der Waals surface area contributed by atoms with Crippen LogP contribution in [0.2, 0.25) is 0 Å². The molecule has 1 aromatic carbocycles. The van der Waals surface area contributed by atoms with Crippen molar-refractivity contribution in [2.75, 3.05) is 20.3 Å². The maximum atomic E-state index is 11.5. The van der Waals surface area contributed by atoms with E-state index in [-0.39, 0.29) is 5.97 Å². The van der Waals surface area contributed by atoms with Gasteiger partial charge in [0.15, 0.2) is 0 Å². The van der Waals surface area contributed by atoms with E-state index in [9.17, 15) is 4.79 Å². The molecule has 86 valence electrons. The molecule has 1 N–H and O–H groups in total. The number of ether oxygens (including phenoxy) is 2. The number of fused-ring (bicyclic) bond motifs is 1. The molecule has 0 aromatic heterocycles. The molecule has 0 spiro atoms. The standard InChI is InChI=1S/C12H15NO3/c1-8-5-9(12(14)15-2)6-10-7-13-3-4-16-11(8)10/h5-6,13H,3-4,7H2,1-2H3. The third-order valence-corrected chi connectivity index (χ3v) is 2.61. The predicted molar refractivity (Wildman–Crippen MR) is 59.7 cm³/mol. The molecule has 0 fully saturated rings. The van der Waals surface area contributed by atoms with Crippen LogP contribution in [0.15, 0.2) is 12.1 Å². The van der Waals surface area contributed by atoms with Crippen molar-refractivity contribution >= 4 is 5.97 Å². The monoisotopic (exact) mass is 221 g/mol. The summed E-state index contributed by atoms with van der Waals surface area (Å²) in [6, 6.07) is 3.63. The summed E-state index contributed by atoms with van der Waals surface area (Å²) in [6.07, 6.45) is 0. The molecule has 1 aliphatic rings. The van der Waals surface area contributed by atoms with Crippen molar-refractivity contribution in [3.05, 3.63) is 28.8 Å². The Morgan fingerprint density at radius 3 is 3.06 bits per heavy atom. The van der Waals surface area contributed by atoms with E-state index >= 15 is 0 Å². The zero-order chi connectivity index (χ0) is 11.5. The van der Waals surface area contributed by atoms with Crippen LogP contribution in [0.25, 0.3) is 0 Å². The SMILES string of the molecule is COC(=O)c1cc(C)c2c(c1)CNCCO2. The Morgan fingerprint density at radius 2 is 2.31 bits per heavy atom. The summed E-state index contributed by atoms with van der Waals surface area (Å²) >= 11 is 0. The average molecular weight is 221 g/mol. The maximum Gasteiger partial charge on any atom is 0.337 e. The van der Waals surface area contributed by atoms with Gasteiger partial charge in [-0.2, -0.15) is 0 Å². The van der Waals surface area contributed by atoms with Gasteiger partial charge < -0.3 is 14.8 Å². The fourth-order valence-corrected chi connectivity index (χ4v) is 1.87. The number of carbonyl (C=O) groups is 1. The third-order valence-electron chi connectivity index (χ3n) is 2.61. The third kappa shape index (κ3) is 2.02. The molecule has 0 saturated heterocycles. The van der Waals surface area contributed by atoms with Crippen LogP contribution in [0.4, 0.5) is 0 Å². The topological polar surface area (TPSA) is 47.6 Å². The van der Waals surface area contributed by atoms with Gasteiger partial charge in [-0.25, -0.2) is 4.79 Å². The predicted octanol–water partition coefficient (Wildman–Crippen LogP) is 1.26. The Balaban J connectivity index is 2.43. The summed E-state index contributed by atoms with van der Waals surface area (Å²) in [5.74, 6) is 0.577. The second-order valence-electron chi connectivity index (χ2n) is 3.80. The van der Waals surface area contributed by atoms with E-state index in [0.29, 0.717) is 12.2 Å². The smallest absolute Gasteiger partial charge is 0.337 e. The number of benzene rings is 1. The molecule has 1 aromatic rings. The van der Waals surface area contributed by atoms with E-state index in [1.165, 1.54) is 7.11 Å². The Labute approximate surface area is 94.6 Å². The minimum Gasteiger partial charge on any atom is -0.492 e. The van der Waals surface area contributed by atoms with Crippen molar-refractivity contribution in [1.82, 2.24) is 5.32 Å². The highest BCUT2D eigenvalue weighted by Crippen LogP contribution is 2.27. The fourth-order valence-electron chi connectivity index (χ4n) is 1.87. The van der Waals surface area contributed by atoms with Crippen LogP contribution in [-0.2, 0) is 11.3 Å². The molecule has 2 rings (SSSR count). The van der Waals surface area contributed by atoms with Crippen LogP contribution in [0.5, 0.6) is 5.75 Å². The quantitative estimate of drug-likeness (QED) is 0.725. The first kappa shape index (κ1) is 11.0. The van der Waals surface area contributed by atoms with E-state index in [2.05, 4.69) is 5.32 Å². The summed E-state index contributed by atoms with van der Waals surface area (Å²) in [5, 5.41) is 3.24. The van der Waals surface area contributed by atoms with Crippen molar-refractivity contribution in [2.45, 2.75) is 13.5 Å². The van der Waals surface area contributed by atoms with Gasteiger partial charge in [-0.15, -0.1) is 0 Å². The second-order valence-corrected chi connectivity index (χ2v) is 3.80. The second kappa shape index (κ2) is 4.53. The molecule has 1 heterocycles. The molecule has 4 heteroatoms. The molecular weight excluding hydrogens is 206 g/mol. The molecule has 4 nitrogen and oxygen atoms in total. The van der Waals surface area contributed by atoms with Crippen LogP contribution in [0.1, 0.15) is 21.5 Å². The highest BCUT2D eigenvalue weighted by atomic mass is 16.5. The Bertz CT molecular complexity index is 415. The van der Waals surface area contributed by atoms with Crippen molar-refractivity contribution in [3.63, 3.8) is 0 Å². The van der Waals surface area contributed by atoms with E-state index in [4.69, 9.17) is 9.47 Å². The summed E-state index contributed by atoms with van der Waals surface area (Å²) in [7, 11) is 1.39. The zero-order valence-electron chi connectivity index (χ0n) is 9.50. The lowest BCUT2D eigenvalue weighted by Gasteiger charge is -2.11. The highest BCUT2D eigenvalue weighted by Gasteiger charge is 2.15. The summed E-state index contributed by atoms with van der Waals surface area (Å²) in [6.45, 7) is 4.14. The van der Waals surface area contributed by atoms with Crippen LogP contribution in [-0.4, -0.2) is 26.2 Å². The fraction of sp³-hybridized carbons (Fsp3) is 0.417. The summed E-state index contributed by atoms with van der Waals surface area (Å²) in [5.41, 5.74) is 2.56. The lowest BCUT2D eigenvalue weighted by Crippen LogP contribution is -2.16. The van der Waals surface area contributed by atoms with Gasteiger partial charge in [0, 0.05) is 18.7 Å². The number of rotatable bonds is 1. The summed E-state index contributed by atoms with van der Waals surface area (Å²) < 4.78 is 10.3. The van der Waals surface area contributed by atoms with Gasteiger partial charge in [-0.3, -0.25) is 0 Å². The number of methoxy groups -OCH3 is 1. The van der Waals surface area contributed by atoms with Crippen LogP contribution in [0, 0.1) is 6.92 Å². The normalized spacial score (nSPS) is 14.6. The van der Waals surface area contributed by atoms with Gasteiger partial charge in [0.2, 0.25) is 0 Å². The van der Waals surface area contributed by atoms with Crippen molar-refractivity contribution in [3.8, 4) is 5.75 Å². The first-order chi connectivity index (χ1) is 7.72. The molecule has 0 bridgehead atoms. The summed E-state index contributed by atoms with van der Waals surface area (Å²) in [4.78, 5) is 11.5. The molecule has 0 aliphatic carbocycles. The minimum absolute atomic E-state index is 0.310. The maximum absolute atomic E-state index is 11.5. The molecule has 16 heavy (non-hydrogen) atoms. The molecule has 0 unspecified atom stereocenters. The minimum atomic E-state index is -0.310. The highest BCUT2D eigenvalue weighted by molar-refractivity contribution is 5.90. The molecular formula is C12H15NO3. The van der Waals surface area contributed by atoms with Gasteiger partial charge >= 0.3 is 5.97 Å². The van der Waals surface area contributed by atoms with E-state index in [1.54, 1.807) is 6.07 Å². The van der Waals surface area contributed by atoms with Gasteiger partial charge in [-0.05, 0) is 24.6 Å². The molecule has 0 amide bonds. The molecule has 0 atom stereocenters. The Kier molecular flexibility index (Phi) is 3.10. The number of aryl methyl sites for hydroxylation is 1. The first-order valence-electron chi connectivity index (χ1n) is 5.27. The van der Waals surface area contributed by atoms with Crippen molar-refractivity contribution < 1.29 is 14.3 Å². The van der Waals surface area contributed by atoms with E-state index in [1.807, 2.05) is 13.0 Å². The lowest BCUT2D eigenvalue weighted by atomic mass is 10.0. The van der Waals surface area contributed by atoms with Crippen LogP contribution in [0.3, 0.4) is 0 Å². The van der Waals surface area contributed by atoms with Gasteiger partial charge in [0.1, 0.15) is 12.4 Å². The lowest BCUT2D eigenvalue weighted by molar-refractivity contribution is 0.0600. The van der Waals surface area contributed by atoms with Crippen LogP contribution < -0.4 is 10.1 Å².